The van der Waals surface area contributed by atoms with Gasteiger partial charge in [-0.05, 0) is 54.2 Å². The Kier molecular flexibility index (Phi) is 5.01. The molecular weight excluding hydrogens is 422 g/mol. The average Bonchev–Trinajstić information content (AvgIpc) is 2.79. The number of nitrogens with zero attached hydrogens (tertiary/aromatic N) is 2. The third kappa shape index (κ3) is 3.34. The SMILES string of the molecule is CC(Cl)c1nc2cc(I)c(F)cc2n1CC1CCCCS1. The van der Waals surface area contributed by atoms with Crippen molar-refractivity contribution in [3.05, 3.63) is 27.3 Å². The second-order valence-electron chi connectivity index (χ2n) is 5.44. The van der Waals surface area contributed by atoms with Crippen LogP contribution in [0.4, 0.5) is 4.39 Å². The summed E-state index contributed by atoms with van der Waals surface area (Å²) in [6.45, 7) is 2.79. The van der Waals surface area contributed by atoms with Crippen molar-refractivity contribution in [1.82, 2.24) is 9.55 Å². The third-order valence-corrected chi connectivity index (χ3v) is 6.24. The highest BCUT2D eigenvalue weighted by atomic mass is 127. The van der Waals surface area contributed by atoms with Crippen molar-refractivity contribution in [3.63, 3.8) is 0 Å². The van der Waals surface area contributed by atoms with Crippen LogP contribution in [-0.4, -0.2) is 20.6 Å². The third-order valence-electron chi connectivity index (χ3n) is 3.84. The summed E-state index contributed by atoms with van der Waals surface area (Å²) in [5.41, 5.74) is 1.70. The summed E-state index contributed by atoms with van der Waals surface area (Å²) in [6.07, 6.45) is 3.80. The number of imidazole rings is 1. The maximum atomic E-state index is 13.9. The Morgan fingerprint density at radius 3 is 3.00 bits per heavy atom. The molecule has 1 aromatic carbocycles. The predicted molar refractivity (Wildman–Crippen MR) is 96.8 cm³/mol. The normalized spacial score (nSPS) is 20.9. The molecule has 0 aliphatic carbocycles. The molecule has 2 unspecified atom stereocenters. The fourth-order valence-electron chi connectivity index (χ4n) is 2.79. The van der Waals surface area contributed by atoms with E-state index in [-0.39, 0.29) is 11.2 Å². The van der Waals surface area contributed by atoms with Gasteiger partial charge in [0.25, 0.3) is 0 Å². The number of thioether (sulfide) groups is 1. The lowest BCUT2D eigenvalue weighted by molar-refractivity contribution is 0.573. The zero-order chi connectivity index (χ0) is 15.0. The van der Waals surface area contributed by atoms with Crippen molar-refractivity contribution < 1.29 is 4.39 Å². The smallest absolute Gasteiger partial charge is 0.138 e. The molecular formula is C15H17ClFIN2S. The molecule has 0 amide bonds. The van der Waals surface area contributed by atoms with E-state index in [9.17, 15) is 4.39 Å². The molecule has 0 spiro atoms. The van der Waals surface area contributed by atoms with Gasteiger partial charge >= 0.3 is 0 Å². The minimum Gasteiger partial charge on any atom is -0.326 e. The zero-order valence-electron chi connectivity index (χ0n) is 11.8. The lowest BCUT2D eigenvalue weighted by Gasteiger charge is -2.23. The van der Waals surface area contributed by atoms with Crippen molar-refractivity contribution in [2.45, 2.75) is 43.4 Å². The molecule has 0 saturated carbocycles. The minimum absolute atomic E-state index is 0.174. The molecule has 2 aromatic rings. The number of hydrogen-bond donors (Lipinski definition) is 0. The van der Waals surface area contributed by atoms with Gasteiger partial charge in [0.05, 0.1) is 20.0 Å². The first-order valence-electron chi connectivity index (χ1n) is 7.17. The summed E-state index contributed by atoms with van der Waals surface area (Å²) >= 11 is 10.3. The summed E-state index contributed by atoms with van der Waals surface area (Å²) in [5, 5.41) is 0.402. The largest absolute Gasteiger partial charge is 0.326 e. The van der Waals surface area contributed by atoms with Gasteiger partial charge in [-0.25, -0.2) is 9.37 Å². The molecule has 1 fully saturated rings. The van der Waals surface area contributed by atoms with E-state index in [4.69, 9.17) is 11.6 Å². The van der Waals surface area contributed by atoms with Crippen LogP contribution in [-0.2, 0) is 6.54 Å². The molecule has 1 saturated heterocycles. The highest BCUT2D eigenvalue weighted by Gasteiger charge is 2.21. The molecule has 0 bridgehead atoms. The van der Waals surface area contributed by atoms with Gasteiger partial charge in [-0.2, -0.15) is 11.8 Å². The highest BCUT2D eigenvalue weighted by molar-refractivity contribution is 14.1. The monoisotopic (exact) mass is 438 g/mol. The fraction of sp³-hybridized carbons (Fsp3) is 0.533. The lowest BCUT2D eigenvalue weighted by atomic mass is 10.2. The van der Waals surface area contributed by atoms with E-state index in [0.717, 1.165) is 23.4 Å². The Morgan fingerprint density at radius 2 is 2.33 bits per heavy atom. The second kappa shape index (κ2) is 6.62. The lowest BCUT2D eigenvalue weighted by Crippen LogP contribution is -2.18. The maximum absolute atomic E-state index is 13.9. The molecule has 2 nitrogen and oxygen atoms in total. The molecule has 0 N–H and O–H groups in total. The summed E-state index contributed by atoms with van der Waals surface area (Å²) in [4.78, 5) is 4.63. The van der Waals surface area contributed by atoms with E-state index in [2.05, 4.69) is 9.55 Å². The molecule has 3 rings (SSSR count). The summed E-state index contributed by atoms with van der Waals surface area (Å²) in [6, 6.07) is 3.40. The Labute approximate surface area is 147 Å². The predicted octanol–water partition coefficient (Wildman–Crippen LogP) is 5.37. The van der Waals surface area contributed by atoms with Crippen LogP contribution in [0.3, 0.4) is 0 Å². The Balaban J connectivity index is 2.04. The molecule has 1 aliphatic heterocycles. The number of hydrogen-bond acceptors (Lipinski definition) is 2. The van der Waals surface area contributed by atoms with Crippen LogP contribution < -0.4 is 0 Å². The van der Waals surface area contributed by atoms with Gasteiger partial charge in [0.2, 0.25) is 0 Å². The highest BCUT2D eigenvalue weighted by Crippen LogP contribution is 2.31. The molecule has 114 valence electrons. The van der Waals surface area contributed by atoms with Crippen LogP contribution in [0, 0.1) is 9.39 Å². The van der Waals surface area contributed by atoms with Crippen molar-refractivity contribution >= 4 is 57.0 Å². The van der Waals surface area contributed by atoms with E-state index >= 15 is 0 Å². The van der Waals surface area contributed by atoms with Crippen LogP contribution in [0.5, 0.6) is 0 Å². The van der Waals surface area contributed by atoms with Crippen LogP contribution in [0.15, 0.2) is 12.1 Å². The first-order valence-corrected chi connectivity index (χ1v) is 9.73. The van der Waals surface area contributed by atoms with E-state index in [1.54, 1.807) is 12.1 Å². The van der Waals surface area contributed by atoms with Crippen LogP contribution in [0.1, 0.15) is 37.4 Å². The summed E-state index contributed by atoms with van der Waals surface area (Å²) in [7, 11) is 0. The standard InChI is InChI=1S/C15H17ClFIN2S/c1-9(16)15-19-13-7-12(18)11(17)6-14(13)20(15)8-10-4-2-3-5-21-10/h6-7,9-10H,2-5,8H2,1H3. The second-order valence-corrected chi connectivity index (χ2v) is 8.67. The van der Waals surface area contributed by atoms with Gasteiger partial charge in [0.15, 0.2) is 0 Å². The summed E-state index contributed by atoms with van der Waals surface area (Å²) in [5.74, 6) is 1.88. The Bertz CT molecular complexity index is 653. The van der Waals surface area contributed by atoms with Gasteiger partial charge in [-0.3, -0.25) is 0 Å². The van der Waals surface area contributed by atoms with Gasteiger partial charge in [-0.1, -0.05) is 6.42 Å². The Morgan fingerprint density at radius 1 is 1.52 bits per heavy atom. The van der Waals surface area contributed by atoms with E-state index in [1.165, 1.54) is 25.0 Å². The van der Waals surface area contributed by atoms with E-state index in [0.29, 0.717) is 8.82 Å². The van der Waals surface area contributed by atoms with Gasteiger partial charge in [-0.15, -0.1) is 11.6 Å². The zero-order valence-corrected chi connectivity index (χ0v) is 15.5. The fourth-order valence-corrected chi connectivity index (χ4v) is 4.70. The first-order chi connectivity index (χ1) is 10.1. The molecule has 2 heterocycles. The van der Waals surface area contributed by atoms with E-state index in [1.807, 2.05) is 41.3 Å². The quantitative estimate of drug-likeness (QED) is 0.474. The number of halogens is 3. The number of alkyl halides is 1. The van der Waals surface area contributed by atoms with E-state index < -0.39 is 0 Å². The van der Waals surface area contributed by atoms with Gasteiger partial charge in [0.1, 0.15) is 11.6 Å². The van der Waals surface area contributed by atoms with Crippen LogP contribution in [0.25, 0.3) is 11.0 Å². The molecule has 0 radical (unpaired) electrons. The average molecular weight is 439 g/mol. The summed E-state index contributed by atoms with van der Waals surface area (Å²) < 4.78 is 16.7. The van der Waals surface area contributed by atoms with Gasteiger partial charge < -0.3 is 4.57 Å². The van der Waals surface area contributed by atoms with Crippen molar-refractivity contribution in [2.75, 3.05) is 5.75 Å². The number of aromatic nitrogens is 2. The van der Waals surface area contributed by atoms with Crippen molar-refractivity contribution in [1.29, 1.82) is 0 Å². The molecule has 1 aliphatic rings. The van der Waals surface area contributed by atoms with Crippen LogP contribution >= 0.6 is 46.0 Å². The number of rotatable bonds is 3. The molecule has 1 aromatic heterocycles. The maximum Gasteiger partial charge on any atom is 0.138 e. The number of benzene rings is 1. The van der Waals surface area contributed by atoms with Crippen molar-refractivity contribution in [3.8, 4) is 0 Å². The first kappa shape index (κ1) is 15.9. The Hall–Kier alpha value is -0.0100. The van der Waals surface area contributed by atoms with Gasteiger partial charge in [0, 0.05) is 17.9 Å². The molecule has 21 heavy (non-hydrogen) atoms. The van der Waals surface area contributed by atoms with Crippen molar-refractivity contribution in [2.24, 2.45) is 0 Å². The minimum atomic E-state index is -0.186. The topological polar surface area (TPSA) is 17.8 Å². The molecule has 6 heteroatoms. The van der Waals surface area contributed by atoms with Crippen LogP contribution in [0.2, 0.25) is 0 Å². The number of fused-ring (bicyclic) bond motifs is 1. The molecule has 2 atom stereocenters.